The predicted octanol–water partition coefficient (Wildman–Crippen LogP) is 5.19. The summed E-state index contributed by atoms with van der Waals surface area (Å²) in [5, 5.41) is 4.79. The fourth-order valence-corrected chi connectivity index (χ4v) is 3.08. The highest BCUT2D eigenvalue weighted by atomic mass is 35.5. The van der Waals surface area contributed by atoms with Gasteiger partial charge in [0.1, 0.15) is 5.15 Å². The SMILES string of the molecule is Cc1nn(CC(C)C)c(Cl)c1/C=C/C(=O)N(C)Cc1ccccc1C(F)(F)F. The van der Waals surface area contributed by atoms with E-state index in [0.717, 1.165) is 6.07 Å². The molecule has 1 aromatic carbocycles. The molecule has 0 aliphatic rings. The van der Waals surface area contributed by atoms with Gasteiger partial charge in [-0.25, -0.2) is 0 Å². The van der Waals surface area contributed by atoms with Crippen molar-refractivity contribution in [3.8, 4) is 0 Å². The molecule has 1 heterocycles. The number of amides is 1. The van der Waals surface area contributed by atoms with Crippen LogP contribution in [-0.2, 0) is 24.1 Å². The number of halogens is 4. The van der Waals surface area contributed by atoms with Crippen LogP contribution in [0.4, 0.5) is 13.2 Å². The predicted molar refractivity (Wildman–Crippen MR) is 104 cm³/mol. The highest BCUT2D eigenvalue weighted by Crippen LogP contribution is 2.32. The van der Waals surface area contributed by atoms with Crippen molar-refractivity contribution < 1.29 is 18.0 Å². The van der Waals surface area contributed by atoms with Crippen LogP contribution in [0, 0.1) is 12.8 Å². The Labute approximate surface area is 167 Å². The second-order valence-corrected chi connectivity index (χ2v) is 7.41. The third-order valence-corrected chi connectivity index (χ3v) is 4.55. The lowest BCUT2D eigenvalue weighted by atomic mass is 10.1. The van der Waals surface area contributed by atoms with Crippen LogP contribution in [-0.4, -0.2) is 27.6 Å². The molecule has 0 fully saturated rings. The molecule has 0 radical (unpaired) electrons. The Kier molecular flexibility index (Phi) is 6.93. The molecule has 0 aliphatic heterocycles. The zero-order valence-corrected chi connectivity index (χ0v) is 17.0. The van der Waals surface area contributed by atoms with E-state index in [1.807, 2.05) is 13.8 Å². The molecular formula is C20H23ClF3N3O. The first-order chi connectivity index (χ1) is 13.0. The van der Waals surface area contributed by atoms with Crippen LogP contribution in [0.5, 0.6) is 0 Å². The molecule has 0 bridgehead atoms. The van der Waals surface area contributed by atoms with Crippen LogP contribution >= 0.6 is 11.6 Å². The van der Waals surface area contributed by atoms with E-state index in [4.69, 9.17) is 11.6 Å². The standard InChI is InChI=1S/C20H23ClF3N3O/c1-13(2)11-27-19(21)16(14(3)25-27)9-10-18(28)26(4)12-15-7-5-6-8-17(15)20(22,23)24/h5-10,13H,11-12H2,1-4H3/b10-9+. The van der Waals surface area contributed by atoms with Gasteiger partial charge in [0.2, 0.25) is 5.91 Å². The van der Waals surface area contributed by atoms with Gasteiger partial charge in [0.25, 0.3) is 0 Å². The molecule has 8 heteroatoms. The Hall–Kier alpha value is -2.28. The molecule has 0 saturated heterocycles. The minimum atomic E-state index is -4.47. The molecule has 0 aliphatic carbocycles. The highest BCUT2D eigenvalue weighted by Gasteiger charge is 2.33. The van der Waals surface area contributed by atoms with Gasteiger partial charge in [0.15, 0.2) is 0 Å². The van der Waals surface area contributed by atoms with Gasteiger partial charge in [-0.1, -0.05) is 43.6 Å². The largest absolute Gasteiger partial charge is 0.416 e. The molecule has 0 N–H and O–H groups in total. The van der Waals surface area contributed by atoms with Crippen molar-refractivity contribution >= 4 is 23.6 Å². The molecule has 2 rings (SSSR count). The summed E-state index contributed by atoms with van der Waals surface area (Å²) in [4.78, 5) is 13.6. The van der Waals surface area contributed by atoms with Crippen LogP contribution in [0.2, 0.25) is 5.15 Å². The summed E-state index contributed by atoms with van der Waals surface area (Å²) in [6, 6.07) is 5.22. The maximum Gasteiger partial charge on any atom is 0.416 e. The Morgan fingerprint density at radius 2 is 1.96 bits per heavy atom. The number of aryl methyl sites for hydroxylation is 1. The lowest BCUT2D eigenvalue weighted by Gasteiger charge is -2.19. The molecule has 0 atom stereocenters. The number of carbonyl (C=O) groups excluding carboxylic acids is 1. The van der Waals surface area contributed by atoms with Crippen molar-refractivity contribution in [3.05, 3.63) is 57.9 Å². The maximum atomic E-state index is 13.1. The summed E-state index contributed by atoms with van der Waals surface area (Å²) >= 11 is 6.34. The van der Waals surface area contributed by atoms with Crippen molar-refractivity contribution in [2.45, 2.75) is 40.0 Å². The van der Waals surface area contributed by atoms with Crippen LogP contribution in [0.1, 0.15) is 36.2 Å². The summed E-state index contributed by atoms with van der Waals surface area (Å²) in [6.07, 6.45) is -1.62. The van der Waals surface area contributed by atoms with Gasteiger partial charge in [0, 0.05) is 31.8 Å². The topological polar surface area (TPSA) is 38.1 Å². The molecule has 0 saturated carbocycles. The van der Waals surface area contributed by atoms with Gasteiger partial charge in [-0.05, 0) is 30.5 Å². The van der Waals surface area contributed by atoms with Crippen molar-refractivity contribution in [2.24, 2.45) is 5.92 Å². The number of carbonyl (C=O) groups is 1. The lowest BCUT2D eigenvalue weighted by Crippen LogP contribution is -2.25. The van der Waals surface area contributed by atoms with Crippen molar-refractivity contribution in [1.29, 1.82) is 0 Å². The second-order valence-electron chi connectivity index (χ2n) is 7.05. The quantitative estimate of drug-likeness (QED) is 0.611. The molecule has 0 spiro atoms. The summed E-state index contributed by atoms with van der Waals surface area (Å²) in [7, 11) is 1.45. The van der Waals surface area contributed by atoms with Gasteiger partial charge in [-0.15, -0.1) is 0 Å². The first kappa shape index (κ1) is 22.0. The fourth-order valence-electron chi connectivity index (χ4n) is 2.77. The van der Waals surface area contributed by atoms with Gasteiger partial charge in [0.05, 0.1) is 11.3 Å². The van der Waals surface area contributed by atoms with Crippen LogP contribution < -0.4 is 0 Å². The normalized spacial score (nSPS) is 12.2. The number of hydrogen-bond donors (Lipinski definition) is 0. The van der Waals surface area contributed by atoms with Gasteiger partial charge in [-0.2, -0.15) is 18.3 Å². The number of aromatic nitrogens is 2. The third-order valence-electron chi connectivity index (χ3n) is 4.15. The molecule has 1 amide bonds. The highest BCUT2D eigenvalue weighted by molar-refractivity contribution is 6.31. The monoisotopic (exact) mass is 413 g/mol. The Balaban J connectivity index is 2.15. The molecule has 2 aromatic rings. The van der Waals surface area contributed by atoms with E-state index in [2.05, 4.69) is 5.10 Å². The van der Waals surface area contributed by atoms with E-state index in [1.54, 1.807) is 17.7 Å². The molecule has 1 aromatic heterocycles. The average Bonchev–Trinajstić information content (AvgIpc) is 2.85. The molecule has 4 nitrogen and oxygen atoms in total. The number of hydrogen-bond acceptors (Lipinski definition) is 2. The van der Waals surface area contributed by atoms with Crippen LogP contribution in [0.15, 0.2) is 30.3 Å². The first-order valence-corrected chi connectivity index (χ1v) is 9.19. The average molecular weight is 414 g/mol. The number of likely N-dealkylation sites (N-methyl/N-ethyl adjacent to an activating group) is 1. The van der Waals surface area contributed by atoms with E-state index in [0.29, 0.717) is 28.9 Å². The number of nitrogens with zero attached hydrogens (tertiary/aromatic N) is 3. The third kappa shape index (κ3) is 5.38. The van der Waals surface area contributed by atoms with E-state index >= 15 is 0 Å². The second kappa shape index (κ2) is 8.82. The molecule has 152 valence electrons. The molecule has 28 heavy (non-hydrogen) atoms. The van der Waals surface area contributed by atoms with Crippen LogP contribution in [0.3, 0.4) is 0 Å². The fraction of sp³-hybridized carbons (Fsp3) is 0.400. The Morgan fingerprint density at radius 3 is 2.57 bits per heavy atom. The minimum absolute atomic E-state index is 0.0400. The maximum absolute atomic E-state index is 13.1. The van der Waals surface area contributed by atoms with Crippen molar-refractivity contribution in [3.63, 3.8) is 0 Å². The Morgan fingerprint density at radius 1 is 1.32 bits per heavy atom. The summed E-state index contributed by atoms with van der Waals surface area (Å²) in [5.41, 5.74) is 0.602. The number of rotatable bonds is 6. The Bertz CT molecular complexity index is 872. The smallest absolute Gasteiger partial charge is 0.338 e. The first-order valence-electron chi connectivity index (χ1n) is 8.82. The minimum Gasteiger partial charge on any atom is -0.338 e. The molecule has 0 unspecified atom stereocenters. The zero-order chi connectivity index (χ0) is 21.1. The van der Waals surface area contributed by atoms with E-state index in [9.17, 15) is 18.0 Å². The van der Waals surface area contributed by atoms with Gasteiger partial charge in [-0.3, -0.25) is 9.48 Å². The zero-order valence-electron chi connectivity index (χ0n) is 16.2. The van der Waals surface area contributed by atoms with E-state index in [1.165, 1.54) is 36.2 Å². The molecular weight excluding hydrogens is 391 g/mol. The lowest BCUT2D eigenvalue weighted by molar-refractivity contribution is -0.139. The number of benzene rings is 1. The summed E-state index contributed by atoms with van der Waals surface area (Å²) in [6.45, 7) is 6.37. The van der Waals surface area contributed by atoms with Crippen LogP contribution in [0.25, 0.3) is 6.08 Å². The number of alkyl halides is 3. The summed E-state index contributed by atoms with van der Waals surface area (Å²) < 4.78 is 41.0. The summed E-state index contributed by atoms with van der Waals surface area (Å²) in [5.74, 6) is -0.0702. The van der Waals surface area contributed by atoms with Gasteiger partial charge < -0.3 is 4.90 Å². The van der Waals surface area contributed by atoms with Crippen molar-refractivity contribution in [1.82, 2.24) is 14.7 Å². The van der Waals surface area contributed by atoms with Crippen molar-refractivity contribution in [2.75, 3.05) is 7.05 Å². The van der Waals surface area contributed by atoms with E-state index in [-0.39, 0.29) is 12.1 Å². The van der Waals surface area contributed by atoms with E-state index < -0.39 is 17.6 Å². The van der Waals surface area contributed by atoms with Gasteiger partial charge >= 0.3 is 6.18 Å².